The predicted octanol–water partition coefficient (Wildman–Crippen LogP) is 5.12. The SMILES string of the molecule is CCCSCc1cccc(Oc2ccccc2)c1. The second kappa shape index (κ2) is 7.12. The lowest BCUT2D eigenvalue weighted by atomic mass is 10.2. The van der Waals surface area contributed by atoms with Gasteiger partial charge in [-0.25, -0.2) is 0 Å². The summed E-state index contributed by atoms with van der Waals surface area (Å²) >= 11 is 1.97. The fourth-order valence-electron chi connectivity index (χ4n) is 1.66. The lowest BCUT2D eigenvalue weighted by molar-refractivity contribution is 0.482. The van der Waals surface area contributed by atoms with E-state index in [1.807, 2.05) is 48.2 Å². The third kappa shape index (κ3) is 4.11. The lowest BCUT2D eigenvalue weighted by Crippen LogP contribution is -1.86. The van der Waals surface area contributed by atoms with Crippen molar-refractivity contribution in [2.24, 2.45) is 0 Å². The second-order valence-electron chi connectivity index (χ2n) is 4.12. The summed E-state index contributed by atoms with van der Waals surface area (Å²) in [4.78, 5) is 0. The molecule has 1 nitrogen and oxygen atoms in total. The number of ether oxygens (including phenoxy) is 1. The molecule has 0 aromatic heterocycles. The summed E-state index contributed by atoms with van der Waals surface area (Å²) in [5.41, 5.74) is 1.32. The van der Waals surface area contributed by atoms with Crippen LogP contribution in [0.25, 0.3) is 0 Å². The Hall–Kier alpha value is -1.41. The largest absolute Gasteiger partial charge is 0.457 e. The van der Waals surface area contributed by atoms with Crippen molar-refractivity contribution in [2.45, 2.75) is 19.1 Å². The number of para-hydroxylation sites is 1. The van der Waals surface area contributed by atoms with E-state index in [0.717, 1.165) is 17.3 Å². The van der Waals surface area contributed by atoms with Gasteiger partial charge in [0, 0.05) is 5.75 Å². The van der Waals surface area contributed by atoms with Gasteiger partial charge in [-0.05, 0) is 42.0 Å². The van der Waals surface area contributed by atoms with Crippen LogP contribution in [-0.2, 0) is 5.75 Å². The van der Waals surface area contributed by atoms with Crippen LogP contribution in [0.2, 0.25) is 0 Å². The van der Waals surface area contributed by atoms with Gasteiger partial charge < -0.3 is 4.74 Å². The highest BCUT2D eigenvalue weighted by Gasteiger charge is 1.99. The number of benzene rings is 2. The Kier molecular flexibility index (Phi) is 5.15. The molecule has 0 spiro atoms. The first kappa shape index (κ1) is 13.0. The van der Waals surface area contributed by atoms with Crippen LogP contribution in [0, 0.1) is 0 Å². The Balaban J connectivity index is 1.99. The first-order chi connectivity index (χ1) is 8.88. The highest BCUT2D eigenvalue weighted by atomic mass is 32.2. The van der Waals surface area contributed by atoms with Gasteiger partial charge in [-0.2, -0.15) is 11.8 Å². The summed E-state index contributed by atoms with van der Waals surface area (Å²) in [6.07, 6.45) is 1.23. The van der Waals surface area contributed by atoms with E-state index in [2.05, 4.69) is 25.1 Å². The zero-order chi connectivity index (χ0) is 12.6. The number of thioether (sulfide) groups is 1. The molecule has 94 valence electrons. The fourth-order valence-corrected chi connectivity index (χ4v) is 2.51. The van der Waals surface area contributed by atoms with Gasteiger partial charge in [0.15, 0.2) is 0 Å². The molecule has 0 unspecified atom stereocenters. The Bertz CT molecular complexity index is 468. The molecule has 0 atom stereocenters. The van der Waals surface area contributed by atoms with E-state index in [-0.39, 0.29) is 0 Å². The molecule has 0 aliphatic carbocycles. The molecule has 0 amide bonds. The highest BCUT2D eigenvalue weighted by Crippen LogP contribution is 2.23. The number of hydrogen-bond donors (Lipinski definition) is 0. The van der Waals surface area contributed by atoms with Crippen LogP contribution in [0.4, 0.5) is 0 Å². The summed E-state index contributed by atoms with van der Waals surface area (Å²) in [7, 11) is 0. The molecule has 0 saturated carbocycles. The zero-order valence-electron chi connectivity index (χ0n) is 10.6. The number of hydrogen-bond acceptors (Lipinski definition) is 2. The van der Waals surface area contributed by atoms with Crippen molar-refractivity contribution < 1.29 is 4.74 Å². The summed E-state index contributed by atoms with van der Waals surface area (Å²) in [6.45, 7) is 2.21. The van der Waals surface area contributed by atoms with E-state index in [4.69, 9.17) is 4.74 Å². The molecule has 2 aromatic rings. The summed E-state index contributed by atoms with van der Waals surface area (Å²) in [5.74, 6) is 4.07. The van der Waals surface area contributed by atoms with Crippen LogP contribution >= 0.6 is 11.8 Å². The minimum absolute atomic E-state index is 0.885. The van der Waals surface area contributed by atoms with Crippen LogP contribution in [0.15, 0.2) is 54.6 Å². The average Bonchev–Trinajstić information content (AvgIpc) is 2.41. The van der Waals surface area contributed by atoms with E-state index in [9.17, 15) is 0 Å². The molecular weight excluding hydrogens is 240 g/mol. The van der Waals surface area contributed by atoms with E-state index < -0.39 is 0 Å². The van der Waals surface area contributed by atoms with Gasteiger partial charge in [0.1, 0.15) is 11.5 Å². The Morgan fingerprint density at radius 2 is 1.72 bits per heavy atom. The van der Waals surface area contributed by atoms with Gasteiger partial charge in [0.2, 0.25) is 0 Å². The molecule has 0 N–H and O–H groups in total. The molecule has 0 heterocycles. The summed E-state index contributed by atoms with van der Waals surface area (Å²) in [5, 5.41) is 0. The normalized spacial score (nSPS) is 10.3. The minimum Gasteiger partial charge on any atom is -0.457 e. The Morgan fingerprint density at radius 3 is 2.50 bits per heavy atom. The molecule has 0 fully saturated rings. The molecule has 0 aliphatic heterocycles. The first-order valence-corrected chi connectivity index (χ1v) is 7.43. The zero-order valence-corrected chi connectivity index (χ0v) is 11.5. The maximum Gasteiger partial charge on any atom is 0.127 e. The standard InChI is InChI=1S/C16H18OS/c1-2-11-18-13-14-7-6-10-16(12-14)17-15-8-4-3-5-9-15/h3-10,12H,2,11,13H2,1H3. The molecule has 2 aromatic carbocycles. The van der Waals surface area contributed by atoms with Crippen molar-refractivity contribution in [3.8, 4) is 11.5 Å². The molecule has 2 heteroatoms. The van der Waals surface area contributed by atoms with Gasteiger partial charge in [-0.1, -0.05) is 37.3 Å². The first-order valence-electron chi connectivity index (χ1n) is 6.28. The third-order valence-corrected chi connectivity index (χ3v) is 3.73. The van der Waals surface area contributed by atoms with Gasteiger partial charge in [-0.3, -0.25) is 0 Å². The van der Waals surface area contributed by atoms with Gasteiger partial charge in [0.25, 0.3) is 0 Å². The molecular formula is C16H18OS. The quantitative estimate of drug-likeness (QED) is 0.665. The predicted molar refractivity (Wildman–Crippen MR) is 79.4 cm³/mol. The van der Waals surface area contributed by atoms with E-state index in [1.54, 1.807) is 0 Å². The van der Waals surface area contributed by atoms with Gasteiger partial charge >= 0.3 is 0 Å². The third-order valence-electron chi connectivity index (χ3n) is 2.49. The molecule has 0 aliphatic rings. The minimum atomic E-state index is 0.885. The maximum absolute atomic E-state index is 5.82. The average molecular weight is 258 g/mol. The Morgan fingerprint density at radius 1 is 0.944 bits per heavy atom. The lowest BCUT2D eigenvalue weighted by Gasteiger charge is -2.07. The van der Waals surface area contributed by atoms with Crippen molar-refractivity contribution in [1.82, 2.24) is 0 Å². The molecule has 18 heavy (non-hydrogen) atoms. The second-order valence-corrected chi connectivity index (χ2v) is 5.22. The van der Waals surface area contributed by atoms with Crippen LogP contribution < -0.4 is 4.74 Å². The number of rotatable bonds is 6. The summed E-state index contributed by atoms with van der Waals surface area (Å²) < 4.78 is 5.82. The van der Waals surface area contributed by atoms with E-state index in [0.29, 0.717) is 0 Å². The highest BCUT2D eigenvalue weighted by molar-refractivity contribution is 7.98. The van der Waals surface area contributed by atoms with Crippen molar-refractivity contribution in [3.63, 3.8) is 0 Å². The topological polar surface area (TPSA) is 9.23 Å². The van der Waals surface area contributed by atoms with E-state index in [1.165, 1.54) is 17.7 Å². The van der Waals surface area contributed by atoms with Crippen molar-refractivity contribution in [3.05, 3.63) is 60.2 Å². The van der Waals surface area contributed by atoms with Crippen LogP contribution in [0.3, 0.4) is 0 Å². The van der Waals surface area contributed by atoms with Crippen molar-refractivity contribution >= 4 is 11.8 Å². The molecule has 0 radical (unpaired) electrons. The smallest absolute Gasteiger partial charge is 0.127 e. The fraction of sp³-hybridized carbons (Fsp3) is 0.250. The van der Waals surface area contributed by atoms with Crippen LogP contribution in [-0.4, -0.2) is 5.75 Å². The Labute approximate surface area is 113 Å². The van der Waals surface area contributed by atoms with Crippen molar-refractivity contribution in [1.29, 1.82) is 0 Å². The molecule has 0 bridgehead atoms. The monoisotopic (exact) mass is 258 g/mol. The van der Waals surface area contributed by atoms with Gasteiger partial charge in [-0.15, -0.1) is 0 Å². The van der Waals surface area contributed by atoms with Crippen LogP contribution in [0.1, 0.15) is 18.9 Å². The van der Waals surface area contributed by atoms with Crippen molar-refractivity contribution in [2.75, 3.05) is 5.75 Å². The summed E-state index contributed by atoms with van der Waals surface area (Å²) in [6, 6.07) is 18.2. The molecule has 2 rings (SSSR count). The maximum atomic E-state index is 5.82. The molecule has 0 saturated heterocycles. The van der Waals surface area contributed by atoms with E-state index >= 15 is 0 Å². The van der Waals surface area contributed by atoms with Gasteiger partial charge in [0.05, 0.1) is 0 Å². The van der Waals surface area contributed by atoms with Crippen LogP contribution in [0.5, 0.6) is 11.5 Å².